The molecule has 9 heteroatoms. The van der Waals surface area contributed by atoms with Gasteiger partial charge >= 0.3 is 0 Å². The highest BCUT2D eigenvalue weighted by Crippen LogP contribution is 2.38. The Kier molecular flexibility index (Phi) is 4.86. The van der Waals surface area contributed by atoms with Crippen LogP contribution in [0.5, 0.6) is 11.5 Å². The van der Waals surface area contributed by atoms with Gasteiger partial charge in [0.05, 0.1) is 16.6 Å². The van der Waals surface area contributed by atoms with Gasteiger partial charge in [-0.05, 0) is 42.8 Å². The maximum Gasteiger partial charge on any atom is 0.280 e. The number of rotatable bonds is 5. The van der Waals surface area contributed by atoms with Gasteiger partial charge in [-0.15, -0.1) is 0 Å². The number of carbonyl (C=O) groups excluding carboxylic acids is 2. The lowest BCUT2D eigenvalue weighted by Crippen LogP contribution is -2.23. The minimum absolute atomic E-state index is 0.000831. The minimum atomic E-state index is -0.544. The number of hydrogen-bond acceptors (Lipinski definition) is 6. The number of nitrogens with zero attached hydrogens (tertiary/aromatic N) is 2. The summed E-state index contributed by atoms with van der Waals surface area (Å²) < 4.78 is 10.4. The fraction of sp³-hybridized carbons (Fsp3) is 0.200. The van der Waals surface area contributed by atoms with Gasteiger partial charge in [-0.2, -0.15) is 0 Å². The van der Waals surface area contributed by atoms with E-state index in [0.717, 1.165) is 12.1 Å². The van der Waals surface area contributed by atoms with E-state index in [-0.39, 0.29) is 24.0 Å². The van der Waals surface area contributed by atoms with Gasteiger partial charge in [-0.25, -0.2) is 0 Å². The molecule has 0 saturated carbocycles. The monoisotopic (exact) mass is 395 g/mol. The SMILES string of the molecule is O=C(/C=C/c1cc2c(cc1[N+](=O)[O-])OCO2)Nc1ccc(N2CCCC2=O)cc1. The van der Waals surface area contributed by atoms with Gasteiger partial charge in [-0.3, -0.25) is 19.7 Å². The van der Waals surface area contributed by atoms with Crippen LogP contribution in [0.15, 0.2) is 42.5 Å². The average Bonchev–Trinajstić information content (AvgIpc) is 3.34. The maximum atomic E-state index is 12.2. The molecular formula is C20H17N3O6. The van der Waals surface area contributed by atoms with Crippen molar-refractivity contribution in [3.8, 4) is 11.5 Å². The molecule has 2 heterocycles. The number of fused-ring (bicyclic) bond motifs is 1. The van der Waals surface area contributed by atoms with E-state index in [1.165, 1.54) is 24.3 Å². The Balaban J connectivity index is 1.45. The van der Waals surface area contributed by atoms with E-state index in [1.54, 1.807) is 29.2 Å². The second-order valence-electron chi connectivity index (χ2n) is 6.54. The molecule has 0 bridgehead atoms. The van der Waals surface area contributed by atoms with Gasteiger partial charge in [0.15, 0.2) is 11.5 Å². The van der Waals surface area contributed by atoms with Crippen LogP contribution in [0.3, 0.4) is 0 Å². The molecule has 0 radical (unpaired) electrons. The number of hydrogen-bond donors (Lipinski definition) is 1. The van der Waals surface area contributed by atoms with Crippen molar-refractivity contribution in [2.45, 2.75) is 12.8 Å². The van der Waals surface area contributed by atoms with Gasteiger partial charge < -0.3 is 19.7 Å². The predicted molar refractivity (Wildman–Crippen MR) is 105 cm³/mol. The van der Waals surface area contributed by atoms with Crippen molar-refractivity contribution in [3.63, 3.8) is 0 Å². The van der Waals surface area contributed by atoms with Crippen LogP contribution < -0.4 is 19.7 Å². The second-order valence-corrected chi connectivity index (χ2v) is 6.54. The quantitative estimate of drug-likeness (QED) is 0.473. The van der Waals surface area contributed by atoms with Crippen LogP contribution in [0.25, 0.3) is 6.08 Å². The average molecular weight is 395 g/mol. The molecule has 2 aromatic rings. The molecule has 4 rings (SSSR count). The van der Waals surface area contributed by atoms with Gasteiger partial charge in [-0.1, -0.05) is 0 Å². The third-order valence-corrected chi connectivity index (χ3v) is 4.65. The van der Waals surface area contributed by atoms with Crippen LogP contribution in [0.4, 0.5) is 17.1 Å². The zero-order valence-electron chi connectivity index (χ0n) is 15.3. The normalized spacial score (nSPS) is 15.2. The number of benzene rings is 2. The van der Waals surface area contributed by atoms with Gasteiger partial charge in [0.2, 0.25) is 18.6 Å². The highest BCUT2D eigenvalue weighted by atomic mass is 16.7. The first-order chi connectivity index (χ1) is 14.0. The van der Waals surface area contributed by atoms with Crippen LogP contribution >= 0.6 is 0 Å². The van der Waals surface area contributed by atoms with E-state index >= 15 is 0 Å². The molecule has 2 amide bonds. The Bertz CT molecular complexity index is 1020. The molecule has 0 spiro atoms. The topological polar surface area (TPSA) is 111 Å². The summed E-state index contributed by atoms with van der Waals surface area (Å²) in [5.41, 5.74) is 1.39. The number of amides is 2. The summed E-state index contributed by atoms with van der Waals surface area (Å²) in [6.45, 7) is 0.695. The van der Waals surface area contributed by atoms with E-state index in [1.807, 2.05) is 0 Å². The number of nitro benzene ring substituents is 1. The lowest BCUT2D eigenvalue weighted by atomic mass is 10.1. The molecule has 1 fully saturated rings. The fourth-order valence-corrected chi connectivity index (χ4v) is 3.23. The Morgan fingerprint density at radius 3 is 2.55 bits per heavy atom. The molecule has 2 aromatic carbocycles. The highest BCUT2D eigenvalue weighted by Gasteiger charge is 2.23. The van der Waals surface area contributed by atoms with Gasteiger partial charge in [0.1, 0.15) is 0 Å². The third-order valence-electron chi connectivity index (χ3n) is 4.65. The Labute approximate surface area is 165 Å². The molecule has 9 nitrogen and oxygen atoms in total. The maximum absolute atomic E-state index is 12.2. The number of nitrogens with one attached hydrogen (secondary N) is 1. The predicted octanol–water partition coefficient (Wildman–Crippen LogP) is 3.10. The molecule has 0 aromatic heterocycles. The van der Waals surface area contributed by atoms with Crippen LogP contribution in [-0.2, 0) is 9.59 Å². The van der Waals surface area contributed by atoms with E-state index in [0.29, 0.717) is 30.2 Å². The van der Waals surface area contributed by atoms with Crippen molar-refractivity contribution in [1.82, 2.24) is 0 Å². The van der Waals surface area contributed by atoms with Crippen molar-refractivity contribution in [1.29, 1.82) is 0 Å². The van der Waals surface area contributed by atoms with Crippen LogP contribution in [0, 0.1) is 10.1 Å². The van der Waals surface area contributed by atoms with E-state index < -0.39 is 10.8 Å². The van der Waals surface area contributed by atoms with Crippen LogP contribution in [-0.4, -0.2) is 30.1 Å². The number of nitro groups is 1. The summed E-state index contributed by atoms with van der Waals surface area (Å²) in [4.78, 5) is 36.4. The lowest BCUT2D eigenvalue weighted by molar-refractivity contribution is -0.385. The van der Waals surface area contributed by atoms with Crippen molar-refractivity contribution in [3.05, 3.63) is 58.2 Å². The van der Waals surface area contributed by atoms with Crippen LogP contribution in [0.1, 0.15) is 18.4 Å². The molecule has 2 aliphatic rings. The summed E-state index contributed by atoms with van der Waals surface area (Å²) in [7, 11) is 0. The van der Waals surface area contributed by atoms with Crippen molar-refractivity contribution < 1.29 is 24.0 Å². The summed E-state index contributed by atoms with van der Waals surface area (Å²) in [5.74, 6) is 0.342. The van der Waals surface area contributed by atoms with E-state index in [9.17, 15) is 19.7 Å². The zero-order valence-corrected chi connectivity index (χ0v) is 15.3. The smallest absolute Gasteiger partial charge is 0.280 e. The largest absolute Gasteiger partial charge is 0.454 e. The molecule has 1 N–H and O–H groups in total. The highest BCUT2D eigenvalue weighted by molar-refractivity contribution is 6.02. The minimum Gasteiger partial charge on any atom is -0.454 e. The van der Waals surface area contributed by atoms with Crippen LogP contribution in [0.2, 0.25) is 0 Å². The van der Waals surface area contributed by atoms with Crippen molar-refractivity contribution in [2.24, 2.45) is 0 Å². The molecule has 148 valence electrons. The van der Waals surface area contributed by atoms with Crippen molar-refractivity contribution >= 4 is 35.0 Å². The number of anilines is 2. The molecule has 29 heavy (non-hydrogen) atoms. The summed E-state index contributed by atoms with van der Waals surface area (Å²) >= 11 is 0. The lowest BCUT2D eigenvalue weighted by Gasteiger charge is -2.15. The molecule has 1 saturated heterocycles. The van der Waals surface area contributed by atoms with E-state index in [2.05, 4.69) is 5.32 Å². The summed E-state index contributed by atoms with van der Waals surface area (Å²) in [5, 5.41) is 14.0. The van der Waals surface area contributed by atoms with Gasteiger partial charge in [0.25, 0.3) is 5.69 Å². The summed E-state index contributed by atoms with van der Waals surface area (Å²) in [6, 6.07) is 9.69. The first-order valence-corrected chi connectivity index (χ1v) is 8.99. The van der Waals surface area contributed by atoms with Crippen molar-refractivity contribution in [2.75, 3.05) is 23.6 Å². The number of carbonyl (C=O) groups is 2. The second kappa shape index (κ2) is 7.63. The Morgan fingerprint density at radius 1 is 1.17 bits per heavy atom. The zero-order chi connectivity index (χ0) is 20.4. The first-order valence-electron chi connectivity index (χ1n) is 8.99. The molecule has 0 aliphatic carbocycles. The standard InChI is InChI=1S/C20H17N3O6/c24-19(21-14-4-6-15(7-5-14)22-9-1-2-20(22)25)8-3-13-10-17-18(29-12-28-17)11-16(13)23(26)27/h3-8,10-11H,1-2,9,12H2,(H,21,24)/b8-3+. The number of ether oxygens (including phenoxy) is 2. The van der Waals surface area contributed by atoms with E-state index in [4.69, 9.17) is 9.47 Å². The molecule has 0 unspecified atom stereocenters. The molecule has 0 atom stereocenters. The Morgan fingerprint density at radius 2 is 1.90 bits per heavy atom. The summed E-state index contributed by atoms with van der Waals surface area (Å²) in [6.07, 6.45) is 3.96. The molecule has 2 aliphatic heterocycles. The van der Waals surface area contributed by atoms with Gasteiger partial charge in [0, 0.05) is 30.4 Å². The fourth-order valence-electron chi connectivity index (χ4n) is 3.23. The Hall–Kier alpha value is -3.88. The molecular weight excluding hydrogens is 378 g/mol. The third kappa shape index (κ3) is 3.88. The first kappa shape index (κ1) is 18.5.